The van der Waals surface area contributed by atoms with Gasteiger partial charge in [-0.3, -0.25) is 9.78 Å². The average Bonchev–Trinajstić information content (AvgIpc) is 2.80. The number of hydrogen-bond donors (Lipinski definition) is 3. The van der Waals surface area contributed by atoms with E-state index in [9.17, 15) is 18.3 Å². The molecular formula is C22H29N3O6S. The van der Waals surface area contributed by atoms with Crippen LogP contribution in [0.4, 0.5) is 0 Å². The minimum absolute atomic E-state index is 0.118. The monoisotopic (exact) mass is 463 g/mol. The van der Waals surface area contributed by atoms with Crippen LogP contribution in [0.3, 0.4) is 0 Å². The zero-order chi connectivity index (χ0) is 23.0. The third kappa shape index (κ3) is 6.73. The number of aromatic nitrogens is 1. The largest absolute Gasteiger partial charge is 0.497 e. The lowest BCUT2D eigenvalue weighted by Crippen LogP contribution is -2.51. The van der Waals surface area contributed by atoms with Crippen LogP contribution in [-0.4, -0.2) is 62.9 Å². The first-order valence-electron chi connectivity index (χ1n) is 10.5. The van der Waals surface area contributed by atoms with Crippen molar-refractivity contribution in [3.05, 3.63) is 54.4 Å². The van der Waals surface area contributed by atoms with E-state index in [-0.39, 0.29) is 29.9 Å². The van der Waals surface area contributed by atoms with Gasteiger partial charge in [0.2, 0.25) is 15.9 Å². The Balaban J connectivity index is 1.47. The highest BCUT2D eigenvalue weighted by atomic mass is 32.2. The van der Waals surface area contributed by atoms with Gasteiger partial charge in [-0.05, 0) is 55.7 Å². The number of aliphatic hydroxyl groups excluding tert-OH is 1. The highest BCUT2D eigenvalue weighted by Gasteiger charge is 2.33. The van der Waals surface area contributed by atoms with Gasteiger partial charge in [0, 0.05) is 18.4 Å². The van der Waals surface area contributed by atoms with E-state index in [1.54, 1.807) is 30.5 Å². The van der Waals surface area contributed by atoms with Gasteiger partial charge in [0.05, 0.1) is 43.3 Å². The third-order valence-electron chi connectivity index (χ3n) is 5.33. The van der Waals surface area contributed by atoms with Crippen LogP contribution >= 0.6 is 0 Å². The molecule has 1 aliphatic rings. The lowest BCUT2D eigenvalue weighted by atomic mass is 9.98. The fourth-order valence-corrected chi connectivity index (χ4v) is 4.90. The number of carbonyl (C=O) groups excluding carboxylic acids is 1. The quantitative estimate of drug-likeness (QED) is 0.480. The molecular weight excluding hydrogens is 434 g/mol. The number of nitrogens with zero attached hydrogens (tertiary/aromatic N) is 1. The molecule has 32 heavy (non-hydrogen) atoms. The lowest BCUT2D eigenvalue weighted by molar-refractivity contribution is -0.121. The maximum absolute atomic E-state index is 12.7. The van der Waals surface area contributed by atoms with Gasteiger partial charge in [0.15, 0.2) is 0 Å². The van der Waals surface area contributed by atoms with Crippen molar-refractivity contribution in [1.82, 2.24) is 15.0 Å². The van der Waals surface area contributed by atoms with Gasteiger partial charge in [-0.25, -0.2) is 13.1 Å². The molecule has 0 spiro atoms. The molecule has 9 nitrogen and oxygen atoms in total. The minimum Gasteiger partial charge on any atom is -0.497 e. The maximum Gasteiger partial charge on any atom is 0.240 e. The number of pyridine rings is 1. The van der Waals surface area contributed by atoms with E-state index < -0.39 is 22.2 Å². The molecule has 1 amide bonds. The number of benzene rings is 1. The van der Waals surface area contributed by atoms with Crippen molar-refractivity contribution in [1.29, 1.82) is 0 Å². The Bertz CT molecular complexity index is 969. The summed E-state index contributed by atoms with van der Waals surface area (Å²) in [6.07, 6.45) is 2.72. The standard InChI is InChI=1S/C22H29N3O6S/c1-30-17-5-8-19(9-6-17)32(28,29)25-20-10-7-18(31-21(20)15-26)11-13-24-22(27)14-16-4-2-3-12-23-16/h2-6,8-9,12,18,20-21,25-26H,7,10-11,13-15H2,1H3,(H,24,27)/t18-,20+,21+/m1/s1. The number of nitrogens with one attached hydrogen (secondary N) is 2. The molecule has 1 aromatic carbocycles. The predicted octanol–water partition coefficient (Wildman–Crippen LogP) is 1.03. The molecule has 0 bridgehead atoms. The summed E-state index contributed by atoms with van der Waals surface area (Å²) in [6, 6.07) is 11.0. The Hall–Kier alpha value is -2.53. The Morgan fingerprint density at radius 1 is 1.22 bits per heavy atom. The van der Waals surface area contributed by atoms with E-state index >= 15 is 0 Å². The molecule has 3 N–H and O–H groups in total. The average molecular weight is 464 g/mol. The van der Waals surface area contributed by atoms with Crippen molar-refractivity contribution in [3.8, 4) is 5.75 Å². The second-order valence-corrected chi connectivity index (χ2v) is 9.31. The minimum atomic E-state index is -3.76. The fourth-order valence-electron chi connectivity index (χ4n) is 3.60. The van der Waals surface area contributed by atoms with Crippen LogP contribution in [0.5, 0.6) is 5.75 Å². The summed E-state index contributed by atoms with van der Waals surface area (Å²) in [5.41, 5.74) is 0.700. The fraction of sp³-hybridized carbons (Fsp3) is 0.455. The van der Waals surface area contributed by atoms with Crippen molar-refractivity contribution in [2.75, 3.05) is 20.3 Å². The van der Waals surface area contributed by atoms with E-state index in [1.807, 2.05) is 6.07 Å². The number of rotatable bonds is 10. The van der Waals surface area contributed by atoms with Crippen LogP contribution in [-0.2, 0) is 26.0 Å². The summed E-state index contributed by atoms with van der Waals surface area (Å²) in [5.74, 6) is 0.441. The Kier molecular flexibility index (Phi) is 8.57. The molecule has 2 heterocycles. The highest BCUT2D eigenvalue weighted by Crippen LogP contribution is 2.24. The van der Waals surface area contributed by atoms with E-state index in [1.165, 1.54) is 19.2 Å². The van der Waals surface area contributed by atoms with E-state index in [0.29, 0.717) is 37.3 Å². The molecule has 0 unspecified atom stereocenters. The van der Waals surface area contributed by atoms with Crippen LogP contribution < -0.4 is 14.8 Å². The molecule has 3 rings (SSSR count). The smallest absolute Gasteiger partial charge is 0.240 e. The Morgan fingerprint density at radius 3 is 2.66 bits per heavy atom. The molecule has 1 aromatic heterocycles. The number of amides is 1. The van der Waals surface area contributed by atoms with E-state index in [4.69, 9.17) is 9.47 Å². The third-order valence-corrected chi connectivity index (χ3v) is 6.83. The van der Waals surface area contributed by atoms with Crippen molar-refractivity contribution in [2.45, 2.75) is 48.8 Å². The molecule has 0 aliphatic carbocycles. The molecule has 0 radical (unpaired) electrons. The first-order chi connectivity index (χ1) is 15.4. The van der Waals surface area contributed by atoms with Gasteiger partial charge < -0.3 is 19.9 Å². The van der Waals surface area contributed by atoms with E-state index in [2.05, 4.69) is 15.0 Å². The normalized spacial score (nSPS) is 21.1. The molecule has 2 aromatic rings. The number of ether oxygens (including phenoxy) is 2. The molecule has 1 aliphatic heterocycles. The van der Waals surface area contributed by atoms with Gasteiger partial charge in [0.25, 0.3) is 0 Å². The predicted molar refractivity (Wildman–Crippen MR) is 118 cm³/mol. The van der Waals surface area contributed by atoms with Crippen molar-refractivity contribution in [2.24, 2.45) is 0 Å². The van der Waals surface area contributed by atoms with Crippen LogP contribution in [0.1, 0.15) is 25.0 Å². The number of hydrogen-bond acceptors (Lipinski definition) is 7. The van der Waals surface area contributed by atoms with Gasteiger partial charge in [0.1, 0.15) is 5.75 Å². The number of sulfonamides is 1. The first kappa shape index (κ1) is 24.1. The molecule has 1 saturated heterocycles. The van der Waals surface area contributed by atoms with Crippen molar-refractivity contribution in [3.63, 3.8) is 0 Å². The van der Waals surface area contributed by atoms with E-state index in [0.717, 1.165) is 0 Å². The summed E-state index contributed by atoms with van der Waals surface area (Å²) in [5, 5.41) is 12.6. The number of carbonyl (C=O) groups is 1. The number of methoxy groups -OCH3 is 1. The second kappa shape index (κ2) is 11.4. The van der Waals surface area contributed by atoms with Crippen LogP contribution in [0.15, 0.2) is 53.6 Å². The molecule has 0 saturated carbocycles. The SMILES string of the molecule is COc1ccc(S(=O)(=O)N[C@H]2CC[C@H](CCNC(=O)Cc3ccccn3)O[C@H]2CO)cc1. The zero-order valence-electron chi connectivity index (χ0n) is 17.9. The van der Waals surface area contributed by atoms with Gasteiger partial charge in [-0.2, -0.15) is 0 Å². The Labute approximate surface area is 188 Å². The van der Waals surface area contributed by atoms with Gasteiger partial charge >= 0.3 is 0 Å². The second-order valence-electron chi connectivity index (χ2n) is 7.60. The summed E-state index contributed by atoms with van der Waals surface area (Å²) in [4.78, 5) is 16.3. The van der Waals surface area contributed by atoms with Gasteiger partial charge in [-0.15, -0.1) is 0 Å². The summed E-state index contributed by atoms with van der Waals surface area (Å²) >= 11 is 0. The Morgan fingerprint density at radius 2 is 2.00 bits per heavy atom. The summed E-state index contributed by atoms with van der Waals surface area (Å²) < 4.78 is 39.0. The topological polar surface area (TPSA) is 127 Å². The van der Waals surface area contributed by atoms with Crippen molar-refractivity contribution >= 4 is 15.9 Å². The highest BCUT2D eigenvalue weighted by molar-refractivity contribution is 7.89. The van der Waals surface area contributed by atoms with Crippen LogP contribution in [0.2, 0.25) is 0 Å². The first-order valence-corrected chi connectivity index (χ1v) is 12.0. The zero-order valence-corrected chi connectivity index (χ0v) is 18.8. The summed E-state index contributed by atoms with van der Waals surface area (Å²) in [7, 11) is -2.25. The number of aliphatic hydroxyl groups is 1. The van der Waals surface area contributed by atoms with Crippen LogP contribution in [0.25, 0.3) is 0 Å². The van der Waals surface area contributed by atoms with Crippen LogP contribution in [0, 0.1) is 0 Å². The molecule has 1 fully saturated rings. The molecule has 3 atom stereocenters. The maximum atomic E-state index is 12.7. The lowest BCUT2D eigenvalue weighted by Gasteiger charge is -2.36. The van der Waals surface area contributed by atoms with Gasteiger partial charge in [-0.1, -0.05) is 6.07 Å². The van der Waals surface area contributed by atoms with Crippen molar-refractivity contribution < 1.29 is 27.8 Å². The summed E-state index contributed by atoms with van der Waals surface area (Å²) in [6.45, 7) is 0.120. The molecule has 10 heteroatoms. The molecule has 174 valence electrons.